The number of nitrogens with one attached hydrogen (secondary N) is 2. The van der Waals surface area contributed by atoms with Crippen molar-refractivity contribution >= 4 is 51.9 Å². The predicted octanol–water partition coefficient (Wildman–Crippen LogP) is 3.81. The lowest BCUT2D eigenvalue weighted by Crippen LogP contribution is -2.50. The molecule has 5 heterocycles. The third-order valence-electron chi connectivity index (χ3n) is 6.73. The van der Waals surface area contributed by atoms with E-state index in [0.717, 1.165) is 41.6 Å². The summed E-state index contributed by atoms with van der Waals surface area (Å²) in [6.45, 7) is 8.70. The van der Waals surface area contributed by atoms with Gasteiger partial charge in [-0.2, -0.15) is 5.10 Å². The summed E-state index contributed by atoms with van der Waals surface area (Å²) in [4.78, 5) is 48.6. The Morgan fingerprint density at radius 2 is 1.95 bits per heavy atom. The number of thiazole rings is 1. The van der Waals surface area contributed by atoms with Gasteiger partial charge in [-0.3, -0.25) is 24.7 Å². The Kier molecular flexibility index (Phi) is 8.47. The minimum absolute atomic E-state index is 0.00416. The van der Waals surface area contributed by atoms with Crippen LogP contribution in [0.2, 0.25) is 0 Å². The molecule has 2 saturated heterocycles. The van der Waals surface area contributed by atoms with Gasteiger partial charge in [-0.25, -0.2) is 14.8 Å². The van der Waals surface area contributed by atoms with Crippen LogP contribution in [-0.4, -0.2) is 62.5 Å². The number of hydrogen-bond donors (Lipinski definition) is 2. The normalized spacial score (nSPS) is 17.2. The highest BCUT2D eigenvalue weighted by molar-refractivity contribution is 8.00. The van der Waals surface area contributed by atoms with Gasteiger partial charge in [-0.05, 0) is 38.1 Å². The molecule has 0 aliphatic carbocycles. The lowest BCUT2D eigenvalue weighted by atomic mass is 9.94. The monoisotopic (exact) mass is 584 g/mol. The summed E-state index contributed by atoms with van der Waals surface area (Å²) in [6.07, 6.45) is 5.28. The minimum atomic E-state index is -0.479. The summed E-state index contributed by atoms with van der Waals surface area (Å²) < 4.78 is 6.84. The van der Waals surface area contributed by atoms with E-state index in [2.05, 4.69) is 56.5 Å². The Hall–Kier alpha value is -3.36. The number of hydrogen-bond acceptors (Lipinski definition) is 11. The second-order valence-corrected chi connectivity index (χ2v) is 13.1. The smallest absolute Gasteiger partial charge is 0.329 e. The van der Waals surface area contributed by atoms with Crippen molar-refractivity contribution in [3.05, 3.63) is 41.9 Å². The number of piperidine rings is 1. The van der Waals surface area contributed by atoms with Gasteiger partial charge in [0.2, 0.25) is 17.7 Å². The van der Waals surface area contributed by atoms with E-state index in [1.165, 1.54) is 16.2 Å². The van der Waals surface area contributed by atoms with Crippen LogP contribution < -0.4 is 15.5 Å². The molecule has 0 radical (unpaired) electrons. The fourth-order valence-corrected chi connectivity index (χ4v) is 6.12. The van der Waals surface area contributed by atoms with E-state index in [-0.39, 0.29) is 36.1 Å². The number of rotatable bonds is 8. The van der Waals surface area contributed by atoms with Crippen molar-refractivity contribution in [3.8, 4) is 0 Å². The topological polar surface area (TPSA) is 146 Å². The maximum Gasteiger partial charge on any atom is 0.329 e. The second-order valence-electron chi connectivity index (χ2n) is 10.8. The quantitative estimate of drug-likeness (QED) is 0.375. The van der Waals surface area contributed by atoms with Crippen molar-refractivity contribution in [2.75, 3.05) is 29.9 Å². The summed E-state index contributed by atoms with van der Waals surface area (Å²) in [5.74, 6) is 2.19. The maximum absolute atomic E-state index is 12.9. The average Bonchev–Trinajstić information content (AvgIpc) is 3.58. The standard InChI is InChI=1S/C26H32N8O4S2/c1-26(2,3)18-12-27-21(38-18)15-39-22-13-28-24(40-22)30-23(36)16-6-9-33(10-7-16)14-17-4-5-19(32-31-17)34-11-8-20(35)29-25(34)37/h4-5,12-13,16H,6-11,14-15H2,1-3H3,(H,28,30,36)(H,29,35,37). The molecule has 2 aliphatic rings. The molecule has 40 heavy (non-hydrogen) atoms. The molecule has 0 aromatic carbocycles. The van der Waals surface area contributed by atoms with Crippen molar-refractivity contribution < 1.29 is 18.8 Å². The number of aromatic nitrogens is 4. The average molecular weight is 585 g/mol. The van der Waals surface area contributed by atoms with E-state index in [0.29, 0.717) is 29.1 Å². The third-order valence-corrected chi connectivity index (χ3v) is 8.82. The molecular formula is C26H32N8O4S2. The SMILES string of the molecule is CC(C)(C)c1cnc(CSc2cnc(NC(=O)C3CCN(Cc4ccc(N5CCC(=O)NC5=O)nn4)CC3)s2)o1. The molecule has 2 fully saturated rings. The number of thioether (sulfide) groups is 1. The molecule has 3 aromatic heterocycles. The fourth-order valence-electron chi connectivity index (χ4n) is 4.39. The van der Waals surface area contributed by atoms with Crippen LogP contribution in [0.5, 0.6) is 0 Å². The number of urea groups is 1. The van der Waals surface area contributed by atoms with Crippen molar-refractivity contribution in [2.45, 2.75) is 62.0 Å². The zero-order valence-corrected chi connectivity index (χ0v) is 24.3. The van der Waals surface area contributed by atoms with Gasteiger partial charge in [0.15, 0.2) is 10.9 Å². The van der Waals surface area contributed by atoms with Gasteiger partial charge in [-0.15, -0.1) is 16.9 Å². The van der Waals surface area contributed by atoms with E-state index < -0.39 is 6.03 Å². The highest BCUT2D eigenvalue weighted by Crippen LogP contribution is 2.32. The molecule has 4 amide bonds. The van der Waals surface area contributed by atoms with Crippen molar-refractivity contribution in [1.82, 2.24) is 30.4 Å². The first kappa shape index (κ1) is 28.2. The Bertz CT molecular complexity index is 1360. The molecule has 2 N–H and O–H groups in total. The van der Waals surface area contributed by atoms with Crippen LogP contribution >= 0.6 is 23.1 Å². The molecule has 3 aromatic rings. The van der Waals surface area contributed by atoms with E-state index in [9.17, 15) is 14.4 Å². The maximum atomic E-state index is 12.9. The molecule has 212 valence electrons. The van der Waals surface area contributed by atoms with Gasteiger partial charge in [0, 0.05) is 30.8 Å². The molecule has 0 bridgehead atoms. The Morgan fingerprint density at radius 1 is 1.15 bits per heavy atom. The molecule has 14 heteroatoms. The van der Waals surface area contributed by atoms with Gasteiger partial charge >= 0.3 is 6.03 Å². The zero-order chi connectivity index (χ0) is 28.3. The third kappa shape index (κ3) is 7.04. The van der Waals surface area contributed by atoms with Gasteiger partial charge < -0.3 is 9.73 Å². The first-order valence-electron chi connectivity index (χ1n) is 13.1. The van der Waals surface area contributed by atoms with Gasteiger partial charge in [-0.1, -0.05) is 32.1 Å². The number of likely N-dealkylation sites (tertiary alicyclic amines) is 1. The Labute approximate surface area is 240 Å². The Balaban J connectivity index is 1.05. The second kappa shape index (κ2) is 12.0. The molecule has 5 rings (SSSR count). The first-order chi connectivity index (χ1) is 19.1. The van der Waals surface area contributed by atoms with Crippen LogP contribution in [0.15, 0.2) is 33.2 Å². The van der Waals surface area contributed by atoms with E-state index >= 15 is 0 Å². The van der Waals surface area contributed by atoms with Crippen molar-refractivity contribution in [3.63, 3.8) is 0 Å². The number of oxazole rings is 1. The van der Waals surface area contributed by atoms with E-state index in [4.69, 9.17) is 4.42 Å². The Morgan fingerprint density at radius 3 is 2.62 bits per heavy atom. The van der Waals surface area contributed by atoms with Crippen LogP contribution in [0.1, 0.15) is 57.4 Å². The van der Waals surface area contributed by atoms with Crippen molar-refractivity contribution in [1.29, 1.82) is 0 Å². The van der Waals surface area contributed by atoms with Crippen LogP contribution in [0.25, 0.3) is 0 Å². The van der Waals surface area contributed by atoms with Gasteiger partial charge in [0.05, 0.1) is 28.0 Å². The van der Waals surface area contributed by atoms with Gasteiger partial charge in [0.1, 0.15) is 5.76 Å². The molecule has 2 aliphatic heterocycles. The van der Waals surface area contributed by atoms with Crippen molar-refractivity contribution in [2.24, 2.45) is 5.92 Å². The summed E-state index contributed by atoms with van der Waals surface area (Å²) in [5, 5.41) is 14.3. The number of nitrogens with zero attached hydrogens (tertiary/aromatic N) is 6. The summed E-state index contributed by atoms with van der Waals surface area (Å²) in [5.41, 5.74) is 0.707. The predicted molar refractivity (Wildman–Crippen MR) is 151 cm³/mol. The zero-order valence-electron chi connectivity index (χ0n) is 22.7. The molecule has 12 nitrogen and oxygen atoms in total. The number of carbonyl (C=O) groups excluding carboxylic acids is 3. The molecular weight excluding hydrogens is 552 g/mol. The number of anilines is 2. The van der Waals surface area contributed by atoms with Crippen LogP contribution in [-0.2, 0) is 27.3 Å². The number of carbonyl (C=O) groups is 3. The molecule has 0 unspecified atom stereocenters. The molecule has 0 atom stereocenters. The van der Waals surface area contributed by atoms with E-state index in [1.54, 1.807) is 30.2 Å². The highest BCUT2D eigenvalue weighted by Gasteiger charge is 2.27. The lowest BCUT2D eigenvalue weighted by molar-refractivity contribution is -0.121. The van der Waals surface area contributed by atoms with Crippen LogP contribution in [0, 0.1) is 5.92 Å². The van der Waals surface area contributed by atoms with Crippen LogP contribution in [0.4, 0.5) is 15.7 Å². The number of imide groups is 1. The summed E-state index contributed by atoms with van der Waals surface area (Å²) in [7, 11) is 0. The fraction of sp³-hybridized carbons (Fsp3) is 0.500. The first-order valence-corrected chi connectivity index (χ1v) is 15.0. The molecule has 0 saturated carbocycles. The summed E-state index contributed by atoms with van der Waals surface area (Å²) >= 11 is 3.04. The number of amides is 4. The minimum Gasteiger partial charge on any atom is -0.444 e. The van der Waals surface area contributed by atoms with E-state index in [1.807, 2.05) is 6.07 Å². The largest absolute Gasteiger partial charge is 0.444 e. The summed E-state index contributed by atoms with van der Waals surface area (Å²) in [6, 6.07) is 3.11. The van der Waals surface area contributed by atoms with Gasteiger partial charge in [0.25, 0.3) is 0 Å². The highest BCUT2D eigenvalue weighted by atomic mass is 32.2. The lowest BCUT2D eigenvalue weighted by Gasteiger charge is -2.30. The molecule has 0 spiro atoms. The van der Waals surface area contributed by atoms with Crippen LogP contribution in [0.3, 0.4) is 0 Å².